The van der Waals surface area contributed by atoms with Crippen molar-refractivity contribution in [2.75, 3.05) is 13.2 Å². The molecule has 5 heteroatoms. The Morgan fingerprint density at radius 2 is 2.18 bits per heavy atom. The summed E-state index contributed by atoms with van der Waals surface area (Å²) in [6.45, 7) is 7.67. The van der Waals surface area contributed by atoms with Crippen LogP contribution in [0.1, 0.15) is 30.3 Å². The molecule has 96 valence electrons. The number of esters is 1. The molecule has 0 unspecified atom stereocenters. The van der Waals surface area contributed by atoms with E-state index >= 15 is 0 Å². The number of carbonyl (C=O) groups is 1. The van der Waals surface area contributed by atoms with Crippen molar-refractivity contribution >= 4 is 5.97 Å². The van der Waals surface area contributed by atoms with E-state index in [0.717, 1.165) is 17.9 Å². The summed E-state index contributed by atoms with van der Waals surface area (Å²) in [4.78, 5) is 11.1. The van der Waals surface area contributed by atoms with Crippen molar-refractivity contribution < 1.29 is 9.53 Å². The van der Waals surface area contributed by atoms with Crippen LogP contribution in [-0.4, -0.2) is 28.9 Å². The van der Waals surface area contributed by atoms with Gasteiger partial charge in [-0.25, -0.2) is 0 Å². The molecule has 5 nitrogen and oxygen atoms in total. The van der Waals surface area contributed by atoms with Crippen LogP contribution in [0.25, 0.3) is 0 Å². The summed E-state index contributed by atoms with van der Waals surface area (Å²) in [5, 5.41) is 7.57. The molecule has 0 aromatic carbocycles. The molecule has 1 N–H and O–H groups in total. The second-order valence-electron chi connectivity index (χ2n) is 4.00. The molecular weight excluding hydrogens is 218 g/mol. The van der Waals surface area contributed by atoms with Gasteiger partial charge in [-0.2, -0.15) is 5.10 Å². The predicted octanol–water partition coefficient (Wildman–Crippen LogP) is 1.08. The molecule has 0 saturated heterocycles. The third-order valence-corrected chi connectivity index (χ3v) is 2.77. The van der Waals surface area contributed by atoms with Gasteiger partial charge in [0.1, 0.15) is 0 Å². The fraction of sp³-hybridized carbons (Fsp3) is 0.667. The average Bonchev–Trinajstić information content (AvgIpc) is 2.50. The van der Waals surface area contributed by atoms with Gasteiger partial charge in [0.15, 0.2) is 0 Å². The zero-order chi connectivity index (χ0) is 12.8. The maximum Gasteiger partial charge on any atom is 0.307 e. The molecule has 0 saturated carbocycles. The summed E-state index contributed by atoms with van der Waals surface area (Å²) in [6.07, 6.45) is 0.409. The molecule has 0 aliphatic carbocycles. The van der Waals surface area contributed by atoms with Crippen LogP contribution in [-0.2, 0) is 23.1 Å². The first-order valence-corrected chi connectivity index (χ1v) is 5.91. The minimum atomic E-state index is -0.153. The number of aromatic nitrogens is 2. The Morgan fingerprint density at radius 3 is 2.71 bits per heavy atom. The monoisotopic (exact) mass is 239 g/mol. The Hall–Kier alpha value is -1.36. The Labute approximate surface area is 102 Å². The summed E-state index contributed by atoms with van der Waals surface area (Å²) in [5.74, 6) is -0.153. The lowest BCUT2D eigenvalue weighted by molar-refractivity contribution is -0.142. The van der Waals surface area contributed by atoms with Gasteiger partial charge in [0, 0.05) is 31.4 Å². The first-order chi connectivity index (χ1) is 8.06. The van der Waals surface area contributed by atoms with Gasteiger partial charge in [-0.1, -0.05) is 0 Å². The molecule has 0 aliphatic heterocycles. The van der Waals surface area contributed by atoms with E-state index in [1.165, 1.54) is 5.56 Å². The summed E-state index contributed by atoms with van der Waals surface area (Å²) >= 11 is 0. The van der Waals surface area contributed by atoms with E-state index in [-0.39, 0.29) is 5.97 Å². The summed E-state index contributed by atoms with van der Waals surface area (Å²) in [7, 11) is 1.93. The van der Waals surface area contributed by atoms with Crippen LogP contribution >= 0.6 is 0 Å². The Balaban J connectivity index is 2.34. The third-order valence-electron chi connectivity index (χ3n) is 2.77. The second kappa shape index (κ2) is 6.39. The Kier molecular flexibility index (Phi) is 5.15. The van der Waals surface area contributed by atoms with Crippen LogP contribution in [0.3, 0.4) is 0 Å². The van der Waals surface area contributed by atoms with E-state index in [4.69, 9.17) is 4.74 Å². The standard InChI is InChI=1S/C12H21N3O2/c1-5-17-12(16)6-7-13-8-11-9(2)14-15(4)10(11)3/h13H,5-8H2,1-4H3. The number of rotatable bonds is 6. The molecule has 1 aromatic heterocycles. The van der Waals surface area contributed by atoms with E-state index in [1.54, 1.807) is 0 Å². The van der Waals surface area contributed by atoms with Crippen LogP contribution < -0.4 is 5.32 Å². The smallest absolute Gasteiger partial charge is 0.307 e. The zero-order valence-corrected chi connectivity index (χ0v) is 11.0. The lowest BCUT2D eigenvalue weighted by Gasteiger charge is -2.05. The van der Waals surface area contributed by atoms with Gasteiger partial charge in [0.05, 0.1) is 18.7 Å². The van der Waals surface area contributed by atoms with Crippen molar-refractivity contribution in [3.63, 3.8) is 0 Å². The molecule has 0 amide bonds. The predicted molar refractivity (Wildman–Crippen MR) is 65.6 cm³/mol. The van der Waals surface area contributed by atoms with Crippen LogP contribution in [0, 0.1) is 13.8 Å². The van der Waals surface area contributed by atoms with Gasteiger partial charge in [0.25, 0.3) is 0 Å². The highest BCUT2D eigenvalue weighted by atomic mass is 16.5. The normalized spacial score (nSPS) is 10.6. The highest BCUT2D eigenvalue weighted by Crippen LogP contribution is 2.10. The number of ether oxygens (including phenoxy) is 1. The van der Waals surface area contributed by atoms with Crippen LogP contribution in [0.4, 0.5) is 0 Å². The van der Waals surface area contributed by atoms with E-state index in [1.807, 2.05) is 32.5 Å². The molecular formula is C12H21N3O2. The Morgan fingerprint density at radius 1 is 1.47 bits per heavy atom. The topological polar surface area (TPSA) is 56.1 Å². The largest absolute Gasteiger partial charge is 0.466 e. The van der Waals surface area contributed by atoms with Crippen molar-refractivity contribution in [2.45, 2.75) is 33.7 Å². The molecule has 1 heterocycles. The van der Waals surface area contributed by atoms with Crippen LogP contribution in [0.5, 0.6) is 0 Å². The van der Waals surface area contributed by atoms with Crippen LogP contribution in [0.2, 0.25) is 0 Å². The summed E-state index contributed by atoms with van der Waals surface area (Å²) in [6, 6.07) is 0. The van der Waals surface area contributed by atoms with Gasteiger partial charge in [-0.3, -0.25) is 9.48 Å². The van der Waals surface area contributed by atoms with Gasteiger partial charge in [-0.15, -0.1) is 0 Å². The molecule has 0 spiro atoms. The SMILES string of the molecule is CCOC(=O)CCNCc1c(C)nn(C)c1C. The number of hydrogen-bond acceptors (Lipinski definition) is 4. The highest BCUT2D eigenvalue weighted by molar-refractivity contribution is 5.69. The molecule has 17 heavy (non-hydrogen) atoms. The van der Waals surface area contributed by atoms with Gasteiger partial charge >= 0.3 is 5.97 Å². The molecule has 0 atom stereocenters. The first kappa shape index (κ1) is 13.7. The minimum absolute atomic E-state index is 0.153. The van der Waals surface area contributed by atoms with E-state index < -0.39 is 0 Å². The third kappa shape index (κ3) is 3.85. The van der Waals surface area contributed by atoms with Crippen molar-refractivity contribution in [3.05, 3.63) is 17.0 Å². The second-order valence-corrected chi connectivity index (χ2v) is 4.00. The fourth-order valence-corrected chi connectivity index (χ4v) is 1.71. The minimum Gasteiger partial charge on any atom is -0.466 e. The first-order valence-electron chi connectivity index (χ1n) is 5.91. The molecule has 0 aliphatic rings. The molecule has 0 radical (unpaired) electrons. The maximum atomic E-state index is 11.1. The molecule has 0 bridgehead atoms. The lowest BCUT2D eigenvalue weighted by Crippen LogP contribution is -2.19. The number of nitrogens with zero attached hydrogens (tertiary/aromatic N) is 2. The lowest BCUT2D eigenvalue weighted by atomic mass is 10.2. The van der Waals surface area contributed by atoms with Crippen molar-refractivity contribution in [1.82, 2.24) is 15.1 Å². The maximum absolute atomic E-state index is 11.1. The van der Waals surface area contributed by atoms with Crippen molar-refractivity contribution in [1.29, 1.82) is 0 Å². The van der Waals surface area contributed by atoms with Crippen molar-refractivity contribution in [3.8, 4) is 0 Å². The fourth-order valence-electron chi connectivity index (χ4n) is 1.71. The number of aryl methyl sites for hydroxylation is 2. The number of nitrogens with one attached hydrogen (secondary N) is 1. The highest BCUT2D eigenvalue weighted by Gasteiger charge is 2.08. The van der Waals surface area contributed by atoms with E-state index in [0.29, 0.717) is 19.6 Å². The molecule has 1 aromatic rings. The molecule has 0 fully saturated rings. The average molecular weight is 239 g/mol. The number of carbonyl (C=O) groups excluding carboxylic acids is 1. The quantitative estimate of drug-likeness (QED) is 0.596. The van der Waals surface area contributed by atoms with E-state index in [9.17, 15) is 4.79 Å². The van der Waals surface area contributed by atoms with Crippen LogP contribution in [0.15, 0.2) is 0 Å². The summed E-state index contributed by atoms with van der Waals surface area (Å²) in [5.41, 5.74) is 3.40. The Bertz CT molecular complexity index is 385. The molecule has 1 rings (SSSR count). The number of hydrogen-bond donors (Lipinski definition) is 1. The van der Waals surface area contributed by atoms with E-state index in [2.05, 4.69) is 10.4 Å². The van der Waals surface area contributed by atoms with Crippen molar-refractivity contribution in [2.24, 2.45) is 7.05 Å². The zero-order valence-electron chi connectivity index (χ0n) is 11.0. The van der Waals surface area contributed by atoms with Gasteiger partial charge in [0.2, 0.25) is 0 Å². The van der Waals surface area contributed by atoms with Gasteiger partial charge < -0.3 is 10.1 Å². The van der Waals surface area contributed by atoms with Gasteiger partial charge in [-0.05, 0) is 20.8 Å². The summed E-state index contributed by atoms with van der Waals surface area (Å²) < 4.78 is 6.72.